The minimum absolute atomic E-state index is 0.0225. The SMILES string of the molecule is Cc1cc(=O)c(C(=O)N(C)C2CCOC2)c2n1-c1ccccc1SC(c1ccccc1Cl)C2. The zero-order valence-corrected chi connectivity index (χ0v) is 20.2. The summed E-state index contributed by atoms with van der Waals surface area (Å²) in [7, 11) is 1.77. The standard InChI is InChI=1S/C26H25ClN2O3S/c1-16-13-22(30)25(26(31)28(2)17-11-12-32-15-17)21-14-24(18-7-3-4-8-19(18)27)33-23-10-6-5-9-20(23)29(16)21/h3-10,13,17,24H,11-12,14-15H2,1-2H3. The van der Waals surface area contributed by atoms with Gasteiger partial charge in [-0.15, -0.1) is 11.8 Å². The maximum absolute atomic E-state index is 13.7. The molecule has 0 N–H and O–H groups in total. The van der Waals surface area contributed by atoms with E-state index in [9.17, 15) is 9.59 Å². The van der Waals surface area contributed by atoms with E-state index in [1.807, 2.05) is 49.4 Å². The highest BCUT2D eigenvalue weighted by molar-refractivity contribution is 7.99. The van der Waals surface area contributed by atoms with E-state index in [0.717, 1.165) is 34.0 Å². The largest absolute Gasteiger partial charge is 0.379 e. The molecule has 1 amide bonds. The van der Waals surface area contributed by atoms with Crippen molar-refractivity contribution in [2.75, 3.05) is 20.3 Å². The van der Waals surface area contributed by atoms with Gasteiger partial charge in [0, 0.05) is 52.7 Å². The third-order valence-electron chi connectivity index (χ3n) is 6.49. The number of hydrogen-bond acceptors (Lipinski definition) is 4. The third-order valence-corrected chi connectivity index (χ3v) is 8.14. The zero-order chi connectivity index (χ0) is 23.1. The van der Waals surface area contributed by atoms with Crippen molar-refractivity contribution in [2.24, 2.45) is 0 Å². The van der Waals surface area contributed by atoms with Gasteiger partial charge in [-0.05, 0) is 37.1 Å². The van der Waals surface area contributed by atoms with Crippen LogP contribution in [-0.2, 0) is 11.2 Å². The van der Waals surface area contributed by atoms with E-state index in [0.29, 0.717) is 24.7 Å². The van der Waals surface area contributed by atoms with E-state index >= 15 is 0 Å². The number of aromatic nitrogens is 1. The molecule has 0 bridgehead atoms. The molecular weight excluding hydrogens is 456 g/mol. The Morgan fingerprint density at radius 1 is 1.18 bits per heavy atom. The Kier molecular flexibility index (Phi) is 6.08. The molecule has 0 spiro atoms. The maximum Gasteiger partial charge on any atom is 0.259 e. The fourth-order valence-electron chi connectivity index (χ4n) is 4.74. The van der Waals surface area contributed by atoms with Gasteiger partial charge in [0.2, 0.25) is 0 Å². The average Bonchev–Trinajstić information content (AvgIpc) is 3.28. The second-order valence-electron chi connectivity index (χ2n) is 8.54. The van der Waals surface area contributed by atoms with Gasteiger partial charge in [-0.1, -0.05) is 41.9 Å². The van der Waals surface area contributed by atoms with Crippen molar-refractivity contribution in [1.82, 2.24) is 9.47 Å². The van der Waals surface area contributed by atoms with E-state index < -0.39 is 0 Å². The summed E-state index contributed by atoms with van der Waals surface area (Å²) >= 11 is 8.31. The number of carbonyl (C=O) groups is 1. The van der Waals surface area contributed by atoms with E-state index in [4.69, 9.17) is 16.3 Å². The quantitative estimate of drug-likeness (QED) is 0.526. The molecule has 2 aromatic carbocycles. The van der Waals surface area contributed by atoms with Gasteiger partial charge in [-0.2, -0.15) is 0 Å². The lowest BCUT2D eigenvalue weighted by Crippen LogP contribution is -2.41. The Morgan fingerprint density at radius 3 is 2.70 bits per heavy atom. The molecule has 170 valence electrons. The van der Waals surface area contributed by atoms with Crippen molar-refractivity contribution in [1.29, 1.82) is 0 Å². The highest BCUT2D eigenvalue weighted by Crippen LogP contribution is 2.46. The van der Waals surface area contributed by atoms with Crippen LogP contribution in [-0.4, -0.2) is 41.7 Å². The first-order chi connectivity index (χ1) is 16.0. The van der Waals surface area contributed by atoms with Crippen molar-refractivity contribution in [3.05, 3.63) is 92.4 Å². The number of likely N-dealkylation sites (N-methyl/N-ethyl adjacent to an activating group) is 1. The molecule has 2 aliphatic rings. The predicted octanol–water partition coefficient (Wildman–Crippen LogP) is 5.05. The smallest absolute Gasteiger partial charge is 0.259 e. The second-order valence-corrected chi connectivity index (χ2v) is 10.2. The summed E-state index contributed by atoms with van der Waals surface area (Å²) < 4.78 is 7.56. The van der Waals surface area contributed by atoms with E-state index in [1.165, 1.54) is 0 Å². The fourth-order valence-corrected chi connectivity index (χ4v) is 6.39. The Balaban J connectivity index is 1.72. The van der Waals surface area contributed by atoms with Crippen LogP contribution in [0.3, 0.4) is 0 Å². The van der Waals surface area contributed by atoms with Crippen LogP contribution >= 0.6 is 23.4 Å². The van der Waals surface area contributed by atoms with Gasteiger partial charge in [0.25, 0.3) is 5.91 Å². The van der Waals surface area contributed by atoms with Crippen LogP contribution in [0.5, 0.6) is 0 Å². The zero-order valence-electron chi connectivity index (χ0n) is 18.6. The Labute approximate surface area is 202 Å². The van der Waals surface area contributed by atoms with E-state index in [2.05, 4.69) is 10.6 Å². The van der Waals surface area contributed by atoms with Crippen molar-refractivity contribution in [2.45, 2.75) is 36.0 Å². The van der Waals surface area contributed by atoms with Gasteiger partial charge in [-0.3, -0.25) is 9.59 Å². The van der Waals surface area contributed by atoms with Crippen molar-refractivity contribution >= 4 is 29.3 Å². The van der Waals surface area contributed by atoms with Crippen LogP contribution < -0.4 is 5.43 Å². The number of para-hydroxylation sites is 1. The van der Waals surface area contributed by atoms with Crippen molar-refractivity contribution in [3.8, 4) is 5.69 Å². The normalized spacial score (nSPS) is 19.5. The summed E-state index contributed by atoms with van der Waals surface area (Å²) in [5.74, 6) is -0.249. The number of rotatable bonds is 3. The average molecular weight is 481 g/mol. The van der Waals surface area contributed by atoms with Crippen molar-refractivity contribution < 1.29 is 9.53 Å². The number of thioether (sulfide) groups is 1. The van der Waals surface area contributed by atoms with Crippen LogP contribution in [0.15, 0.2) is 64.3 Å². The second kappa shape index (κ2) is 9.01. The highest BCUT2D eigenvalue weighted by atomic mass is 35.5. The minimum atomic E-state index is -0.249. The molecule has 2 aliphatic heterocycles. The Bertz CT molecular complexity index is 1280. The number of amides is 1. The van der Waals surface area contributed by atoms with Gasteiger partial charge in [0.05, 0.1) is 18.3 Å². The number of ether oxygens (including phenoxy) is 1. The molecule has 3 heterocycles. The van der Waals surface area contributed by atoms with Gasteiger partial charge in [0.15, 0.2) is 5.43 Å². The molecule has 0 saturated carbocycles. The monoisotopic (exact) mass is 480 g/mol. The maximum atomic E-state index is 13.7. The highest BCUT2D eigenvalue weighted by Gasteiger charge is 2.33. The lowest BCUT2D eigenvalue weighted by Gasteiger charge is -2.26. The molecule has 1 saturated heterocycles. The predicted molar refractivity (Wildman–Crippen MR) is 132 cm³/mol. The Hall–Kier alpha value is -2.54. The van der Waals surface area contributed by atoms with Gasteiger partial charge >= 0.3 is 0 Å². The fraction of sp³-hybridized carbons (Fsp3) is 0.308. The molecule has 1 aromatic heterocycles. The lowest BCUT2D eigenvalue weighted by molar-refractivity contribution is 0.0708. The minimum Gasteiger partial charge on any atom is -0.379 e. The summed E-state index contributed by atoms with van der Waals surface area (Å²) in [6, 6.07) is 17.5. The third kappa shape index (κ3) is 4.01. The van der Waals surface area contributed by atoms with Crippen LogP contribution in [0.2, 0.25) is 5.02 Å². The Morgan fingerprint density at radius 2 is 1.94 bits per heavy atom. The number of benzene rings is 2. The van der Waals surface area contributed by atoms with Crippen LogP contribution in [0.4, 0.5) is 0 Å². The molecule has 0 radical (unpaired) electrons. The number of aryl methyl sites for hydroxylation is 1. The van der Waals surface area contributed by atoms with Crippen LogP contribution in [0.25, 0.3) is 5.69 Å². The van der Waals surface area contributed by atoms with E-state index in [1.54, 1.807) is 29.8 Å². The van der Waals surface area contributed by atoms with Gasteiger partial charge in [-0.25, -0.2) is 0 Å². The van der Waals surface area contributed by atoms with E-state index in [-0.39, 0.29) is 28.2 Å². The first kappa shape index (κ1) is 22.3. The molecule has 5 nitrogen and oxygen atoms in total. The molecule has 1 fully saturated rings. The number of pyridine rings is 1. The van der Waals surface area contributed by atoms with Gasteiger partial charge in [0.1, 0.15) is 5.56 Å². The molecule has 7 heteroatoms. The summed E-state index contributed by atoms with van der Waals surface area (Å²) in [6.07, 6.45) is 1.29. The number of halogens is 1. The number of fused-ring (bicyclic) bond motifs is 3. The van der Waals surface area contributed by atoms with Gasteiger partial charge < -0.3 is 14.2 Å². The summed E-state index contributed by atoms with van der Waals surface area (Å²) in [4.78, 5) is 29.7. The van der Waals surface area contributed by atoms with Crippen LogP contribution in [0.1, 0.15) is 39.0 Å². The molecule has 2 unspecified atom stereocenters. The number of hydrogen-bond donors (Lipinski definition) is 0. The number of carbonyl (C=O) groups excluding carboxylic acids is 1. The summed E-state index contributed by atoms with van der Waals surface area (Å²) in [5, 5.41) is 0.644. The molecule has 2 atom stereocenters. The first-order valence-electron chi connectivity index (χ1n) is 11.1. The van der Waals surface area contributed by atoms with Crippen molar-refractivity contribution in [3.63, 3.8) is 0 Å². The lowest BCUT2D eigenvalue weighted by atomic mass is 10.0. The molecule has 5 rings (SSSR count). The molecule has 3 aromatic rings. The topological polar surface area (TPSA) is 51.5 Å². The summed E-state index contributed by atoms with van der Waals surface area (Å²) in [6.45, 7) is 3.05. The first-order valence-corrected chi connectivity index (χ1v) is 12.3. The summed E-state index contributed by atoms with van der Waals surface area (Å²) in [5.41, 5.74) is 3.52. The molecule has 0 aliphatic carbocycles. The molecular formula is C26H25ClN2O3S. The molecule has 33 heavy (non-hydrogen) atoms. The number of nitrogens with zero attached hydrogens (tertiary/aromatic N) is 2. The van der Waals surface area contributed by atoms with Crippen LogP contribution in [0, 0.1) is 6.92 Å².